The van der Waals surface area contributed by atoms with Gasteiger partial charge in [0.25, 0.3) is 0 Å². The number of aliphatic hydroxyl groups is 1. The molecule has 1 aromatic carbocycles. The van der Waals surface area contributed by atoms with Crippen molar-refractivity contribution in [2.45, 2.75) is 13.8 Å². The van der Waals surface area contributed by atoms with Gasteiger partial charge in [-0.2, -0.15) is 0 Å². The molecule has 0 heterocycles. The predicted molar refractivity (Wildman–Crippen MR) is 72.6 cm³/mol. The third-order valence-corrected chi connectivity index (χ3v) is 2.46. The van der Waals surface area contributed by atoms with E-state index in [-0.39, 0.29) is 11.3 Å². The summed E-state index contributed by atoms with van der Waals surface area (Å²) in [5, 5.41) is 19.1. The van der Waals surface area contributed by atoms with E-state index in [4.69, 9.17) is 5.11 Å². The Labute approximate surface area is 106 Å². The first kappa shape index (κ1) is 13.8. The number of allylic oxidation sites excluding steroid dienone is 5. The maximum absolute atomic E-state index is 11.1. The van der Waals surface area contributed by atoms with Gasteiger partial charge in [-0.1, -0.05) is 36.4 Å². The fraction of sp³-hybridized carbons (Fsp3) is 0.133. The van der Waals surface area contributed by atoms with E-state index < -0.39 is 5.97 Å². The third kappa shape index (κ3) is 3.10. The van der Waals surface area contributed by atoms with E-state index in [1.165, 1.54) is 12.1 Å². The van der Waals surface area contributed by atoms with Crippen LogP contribution < -0.4 is 0 Å². The topological polar surface area (TPSA) is 57.5 Å². The number of rotatable bonds is 4. The standard InChI is InChI=1S/C15H16O3/c1-3-5-10-14(16)11(4-2)12-8-6-7-9-13(12)15(17)18/h3-10,16H,1-2H3,(H,17,18)/b5-3-,11-4-,14-10+. The minimum Gasteiger partial charge on any atom is -0.507 e. The van der Waals surface area contributed by atoms with Crippen LogP contribution in [0.2, 0.25) is 0 Å². The molecule has 0 bridgehead atoms. The van der Waals surface area contributed by atoms with E-state index in [0.29, 0.717) is 11.1 Å². The Morgan fingerprint density at radius 1 is 1.11 bits per heavy atom. The van der Waals surface area contributed by atoms with Crippen molar-refractivity contribution in [2.24, 2.45) is 0 Å². The van der Waals surface area contributed by atoms with Gasteiger partial charge in [-0.3, -0.25) is 0 Å². The van der Waals surface area contributed by atoms with E-state index in [2.05, 4.69) is 0 Å². The molecule has 0 unspecified atom stereocenters. The Hall–Kier alpha value is -2.29. The lowest BCUT2D eigenvalue weighted by atomic mass is 9.98. The van der Waals surface area contributed by atoms with Gasteiger partial charge in [-0.05, 0) is 31.6 Å². The number of carbonyl (C=O) groups is 1. The van der Waals surface area contributed by atoms with Gasteiger partial charge in [0.05, 0.1) is 5.56 Å². The zero-order valence-corrected chi connectivity index (χ0v) is 10.4. The van der Waals surface area contributed by atoms with Crippen molar-refractivity contribution in [3.8, 4) is 0 Å². The fourth-order valence-corrected chi connectivity index (χ4v) is 1.62. The van der Waals surface area contributed by atoms with E-state index in [9.17, 15) is 9.90 Å². The molecule has 0 saturated carbocycles. The Bertz CT molecular complexity index is 522. The molecule has 0 radical (unpaired) electrons. The highest BCUT2D eigenvalue weighted by molar-refractivity contribution is 5.96. The summed E-state index contributed by atoms with van der Waals surface area (Å²) in [6.07, 6.45) is 6.71. The molecule has 0 aliphatic carbocycles. The first-order chi connectivity index (χ1) is 8.61. The molecule has 1 rings (SSSR count). The van der Waals surface area contributed by atoms with Crippen molar-refractivity contribution in [1.82, 2.24) is 0 Å². The average molecular weight is 244 g/mol. The van der Waals surface area contributed by atoms with Gasteiger partial charge < -0.3 is 10.2 Å². The summed E-state index contributed by atoms with van der Waals surface area (Å²) in [6, 6.07) is 6.60. The van der Waals surface area contributed by atoms with Crippen molar-refractivity contribution in [1.29, 1.82) is 0 Å². The van der Waals surface area contributed by atoms with Crippen LogP contribution in [0, 0.1) is 0 Å². The van der Waals surface area contributed by atoms with Gasteiger partial charge in [0, 0.05) is 5.57 Å². The molecule has 0 atom stereocenters. The number of benzene rings is 1. The van der Waals surface area contributed by atoms with Gasteiger partial charge in [-0.25, -0.2) is 4.79 Å². The average Bonchev–Trinajstić information content (AvgIpc) is 2.37. The van der Waals surface area contributed by atoms with Gasteiger partial charge >= 0.3 is 5.97 Å². The second-order valence-electron chi connectivity index (χ2n) is 3.63. The Morgan fingerprint density at radius 3 is 2.22 bits per heavy atom. The van der Waals surface area contributed by atoms with Crippen LogP contribution in [0.4, 0.5) is 0 Å². The molecule has 94 valence electrons. The molecule has 3 nitrogen and oxygen atoms in total. The predicted octanol–water partition coefficient (Wildman–Crippen LogP) is 3.81. The summed E-state index contributed by atoms with van der Waals surface area (Å²) in [5.41, 5.74) is 1.18. The minimum absolute atomic E-state index is 0.0456. The van der Waals surface area contributed by atoms with Crippen LogP contribution in [0.15, 0.2) is 54.3 Å². The molecular formula is C15H16O3. The maximum atomic E-state index is 11.1. The molecule has 1 aromatic rings. The third-order valence-electron chi connectivity index (χ3n) is 2.46. The van der Waals surface area contributed by atoms with Crippen molar-refractivity contribution >= 4 is 11.5 Å². The van der Waals surface area contributed by atoms with Crippen molar-refractivity contribution in [2.75, 3.05) is 0 Å². The van der Waals surface area contributed by atoms with E-state index in [1.807, 2.05) is 6.92 Å². The minimum atomic E-state index is -1.01. The molecule has 0 fully saturated rings. The largest absolute Gasteiger partial charge is 0.507 e. The van der Waals surface area contributed by atoms with Crippen molar-refractivity contribution in [3.05, 3.63) is 65.5 Å². The first-order valence-electron chi connectivity index (χ1n) is 5.63. The molecule has 0 saturated heterocycles. The molecule has 0 aromatic heterocycles. The lowest BCUT2D eigenvalue weighted by Gasteiger charge is -2.09. The molecule has 0 aliphatic heterocycles. The zero-order valence-electron chi connectivity index (χ0n) is 10.4. The number of carboxylic acids is 1. The number of aliphatic hydroxyl groups excluding tert-OH is 1. The number of hydrogen-bond acceptors (Lipinski definition) is 2. The van der Waals surface area contributed by atoms with Crippen LogP contribution in [0.5, 0.6) is 0 Å². The summed E-state index contributed by atoms with van der Waals surface area (Å²) < 4.78 is 0. The van der Waals surface area contributed by atoms with Crippen LogP contribution in [0.25, 0.3) is 5.57 Å². The summed E-state index contributed by atoms with van der Waals surface area (Å²) in [5.74, 6) is -0.965. The van der Waals surface area contributed by atoms with Gasteiger partial charge in [0.2, 0.25) is 0 Å². The van der Waals surface area contributed by atoms with Crippen LogP contribution in [-0.4, -0.2) is 16.2 Å². The smallest absolute Gasteiger partial charge is 0.336 e. The first-order valence-corrected chi connectivity index (χ1v) is 5.63. The second kappa shape index (κ2) is 6.45. The lowest BCUT2D eigenvalue weighted by molar-refractivity contribution is 0.0696. The lowest BCUT2D eigenvalue weighted by Crippen LogP contribution is -2.02. The molecule has 18 heavy (non-hydrogen) atoms. The van der Waals surface area contributed by atoms with Crippen LogP contribution in [0.3, 0.4) is 0 Å². The monoisotopic (exact) mass is 244 g/mol. The summed E-state index contributed by atoms with van der Waals surface area (Å²) in [4.78, 5) is 11.1. The summed E-state index contributed by atoms with van der Waals surface area (Å²) >= 11 is 0. The van der Waals surface area contributed by atoms with Crippen molar-refractivity contribution < 1.29 is 15.0 Å². The highest BCUT2D eigenvalue weighted by atomic mass is 16.4. The normalized spacial score (nSPS) is 13.0. The molecule has 0 spiro atoms. The highest BCUT2D eigenvalue weighted by Crippen LogP contribution is 2.24. The quantitative estimate of drug-likeness (QED) is 0.625. The Morgan fingerprint density at radius 2 is 1.72 bits per heavy atom. The number of carboxylic acid groups (broad SMARTS) is 1. The van der Waals surface area contributed by atoms with Gasteiger partial charge in [0.1, 0.15) is 5.76 Å². The van der Waals surface area contributed by atoms with E-state index >= 15 is 0 Å². The SMILES string of the molecule is C\C=C/C=C(O)\C(=C/C)c1ccccc1C(=O)O. The van der Waals surface area contributed by atoms with Gasteiger partial charge in [-0.15, -0.1) is 0 Å². The summed E-state index contributed by atoms with van der Waals surface area (Å²) in [6.45, 7) is 3.60. The number of aromatic carboxylic acids is 1. The highest BCUT2D eigenvalue weighted by Gasteiger charge is 2.14. The number of hydrogen-bond donors (Lipinski definition) is 2. The molecule has 0 aliphatic rings. The maximum Gasteiger partial charge on any atom is 0.336 e. The van der Waals surface area contributed by atoms with Crippen LogP contribution in [-0.2, 0) is 0 Å². The zero-order chi connectivity index (χ0) is 13.5. The molecular weight excluding hydrogens is 228 g/mol. The van der Waals surface area contributed by atoms with Crippen LogP contribution in [0.1, 0.15) is 29.8 Å². The molecule has 0 amide bonds. The fourth-order valence-electron chi connectivity index (χ4n) is 1.62. The summed E-state index contributed by atoms with van der Waals surface area (Å²) in [7, 11) is 0. The molecule has 2 N–H and O–H groups in total. The van der Waals surface area contributed by atoms with Crippen molar-refractivity contribution in [3.63, 3.8) is 0 Å². The second-order valence-corrected chi connectivity index (χ2v) is 3.63. The Balaban J connectivity index is 3.31. The molecule has 3 heteroatoms. The van der Waals surface area contributed by atoms with Gasteiger partial charge in [0.15, 0.2) is 0 Å². The Kier molecular flexibility index (Phi) is 4.93. The van der Waals surface area contributed by atoms with E-state index in [1.54, 1.807) is 43.4 Å². The van der Waals surface area contributed by atoms with Crippen LogP contribution >= 0.6 is 0 Å². The van der Waals surface area contributed by atoms with E-state index in [0.717, 1.165) is 0 Å².